The van der Waals surface area contributed by atoms with Gasteiger partial charge >= 0.3 is 0 Å². The Morgan fingerprint density at radius 2 is 1.86 bits per heavy atom. The quantitative estimate of drug-likeness (QED) is 0.650. The highest BCUT2D eigenvalue weighted by Crippen LogP contribution is 2.30. The Labute approximate surface area is 175 Å². The van der Waals surface area contributed by atoms with Crippen LogP contribution in [0.25, 0.3) is 0 Å². The molecule has 0 atom stereocenters. The molecule has 0 aliphatic heterocycles. The summed E-state index contributed by atoms with van der Waals surface area (Å²) >= 11 is 12.2. The second kappa shape index (κ2) is 9.49. The molecule has 0 aliphatic rings. The molecule has 2 aromatic carbocycles. The summed E-state index contributed by atoms with van der Waals surface area (Å²) in [6, 6.07) is 9.99. The smallest absolute Gasteiger partial charge is 0.232 e. The Morgan fingerprint density at radius 3 is 2.43 bits per heavy atom. The van der Waals surface area contributed by atoms with E-state index in [1.165, 1.54) is 17.5 Å². The van der Waals surface area contributed by atoms with Crippen LogP contribution in [0.5, 0.6) is 5.75 Å². The fraction of sp³-hybridized carbons (Fsp3) is 0.316. The average Bonchev–Trinajstić information content (AvgIpc) is 2.61. The van der Waals surface area contributed by atoms with E-state index in [0.29, 0.717) is 33.6 Å². The van der Waals surface area contributed by atoms with Crippen molar-refractivity contribution in [1.29, 1.82) is 0 Å². The number of amides is 1. The molecule has 2 aromatic rings. The molecule has 0 unspecified atom stereocenters. The van der Waals surface area contributed by atoms with Gasteiger partial charge in [-0.15, -0.1) is 0 Å². The second-order valence-electron chi connectivity index (χ2n) is 6.27. The Hall–Kier alpha value is -1.96. The van der Waals surface area contributed by atoms with E-state index in [4.69, 9.17) is 27.9 Å². The van der Waals surface area contributed by atoms with Crippen LogP contribution >= 0.6 is 23.2 Å². The van der Waals surface area contributed by atoms with E-state index in [1.807, 2.05) is 13.0 Å². The van der Waals surface area contributed by atoms with E-state index >= 15 is 0 Å². The minimum atomic E-state index is -3.54. The van der Waals surface area contributed by atoms with Gasteiger partial charge in [0.25, 0.3) is 0 Å². The van der Waals surface area contributed by atoms with Crippen LogP contribution in [-0.4, -0.2) is 34.2 Å². The highest BCUT2D eigenvalue weighted by atomic mass is 35.5. The van der Waals surface area contributed by atoms with Gasteiger partial charge in [-0.3, -0.25) is 9.10 Å². The van der Waals surface area contributed by atoms with Gasteiger partial charge in [0.15, 0.2) is 0 Å². The average molecular weight is 445 g/mol. The number of hydrogen-bond acceptors (Lipinski definition) is 4. The Balaban J connectivity index is 2.01. The van der Waals surface area contributed by atoms with E-state index in [-0.39, 0.29) is 18.9 Å². The zero-order valence-corrected chi connectivity index (χ0v) is 18.2. The first-order valence-electron chi connectivity index (χ1n) is 8.49. The monoisotopic (exact) mass is 444 g/mol. The fourth-order valence-electron chi connectivity index (χ4n) is 2.57. The highest BCUT2D eigenvalue weighted by molar-refractivity contribution is 7.92. The zero-order valence-electron chi connectivity index (χ0n) is 15.8. The minimum Gasteiger partial charge on any atom is -0.495 e. The summed E-state index contributed by atoms with van der Waals surface area (Å²) < 4.78 is 30.6. The van der Waals surface area contributed by atoms with Gasteiger partial charge in [0.1, 0.15) is 5.75 Å². The summed E-state index contributed by atoms with van der Waals surface area (Å²) in [6.45, 7) is 2.02. The van der Waals surface area contributed by atoms with E-state index < -0.39 is 10.0 Å². The molecule has 0 aromatic heterocycles. The van der Waals surface area contributed by atoms with Gasteiger partial charge in [0, 0.05) is 23.7 Å². The number of carbonyl (C=O) groups excluding carboxylic acids is 1. The summed E-state index contributed by atoms with van der Waals surface area (Å²) in [6.07, 6.45) is 1.60. The summed E-state index contributed by atoms with van der Waals surface area (Å²) in [5.41, 5.74) is 1.93. The van der Waals surface area contributed by atoms with E-state index in [9.17, 15) is 13.2 Å². The molecule has 0 bridgehead atoms. The number of nitrogens with zero attached hydrogens (tertiary/aromatic N) is 1. The standard InChI is InChI=1S/C19H22Cl2N2O4S/c1-13-6-7-14(11-16(13)20)22-19(24)5-4-10-23(28(3,25)26)15-8-9-18(27-2)17(21)12-15/h6-9,11-12H,4-5,10H2,1-3H3,(H,22,24). The molecule has 28 heavy (non-hydrogen) atoms. The molecule has 0 spiro atoms. The summed E-state index contributed by atoms with van der Waals surface area (Å²) in [7, 11) is -2.06. The molecular formula is C19H22Cl2N2O4S. The molecule has 0 heterocycles. The molecule has 2 rings (SSSR count). The molecule has 6 nitrogen and oxygen atoms in total. The van der Waals surface area contributed by atoms with Crippen LogP contribution < -0.4 is 14.4 Å². The molecule has 0 saturated heterocycles. The number of rotatable bonds is 8. The van der Waals surface area contributed by atoms with E-state index in [1.54, 1.807) is 24.3 Å². The van der Waals surface area contributed by atoms with Gasteiger partial charge in [-0.2, -0.15) is 0 Å². The third-order valence-corrected chi connectivity index (χ3v) is 5.94. The number of methoxy groups -OCH3 is 1. The van der Waals surface area contributed by atoms with Gasteiger partial charge in [0.2, 0.25) is 15.9 Å². The number of nitrogens with one attached hydrogen (secondary N) is 1. The van der Waals surface area contributed by atoms with Crippen molar-refractivity contribution in [2.24, 2.45) is 0 Å². The highest BCUT2D eigenvalue weighted by Gasteiger charge is 2.19. The van der Waals surface area contributed by atoms with Crippen LogP contribution in [0.2, 0.25) is 10.0 Å². The van der Waals surface area contributed by atoms with Crippen LogP contribution in [0.3, 0.4) is 0 Å². The second-order valence-corrected chi connectivity index (χ2v) is 8.99. The third-order valence-electron chi connectivity index (χ3n) is 4.04. The third kappa shape index (κ3) is 6.02. The van der Waals surface area contributed by atoms with Gasteiger partial charge in [0.05, 0.1) is 24.1 Å². The van der Waals surface area contributed by atoms with Crippen molar-refractivity contribution in [2.75, 3.05) is 29.5 Å². The topological polar surface area (TPSA) is 75.7 Å². The number of benzene rings is 2. The van der Waals surface area contributed by atoms with Crippen molar-refractivity contribution < 1.29 is 17.9 Å². The molecule has 9 heteroatoms. The Kier molecular flexibility index (Phi) is 7.57. The SMILES string of the molecule is COc1ccc(N(CCCC(=O)Nc2ccc(C)c(Cl)c2)S(C)(=O)=O)cc1Cl. The first kappa shape index (κ1) is 22.3. The number of halogens is 2. The van der Waals surface area contributed by atoms with Gasteiger partial charge in [-0.1, -0.05) is 29.3 Å². The predicted molar refractivity (Wildman–Crippen MR) is 114 cm³/mol. The summed E-state index contributed by atoms with van der Waals surface area (Å²) in [5, 5.41) is 3.63. The van der Waals surface area contributed by atoms with Crippen molar-refractivity contribution in [3.05, 3.63) is 52.0 Å². The molecule has 0 saturated carbocycles. The lowest BCUT2D eigenvalue weighted by Crippen LogP contribution is -2.31. The molecule has 0 fully saturated rings. The lowest BCUT2D eigenvalue weighted by molar-refractivity contribution is -0.116. The normalized spacial score (nSPS) is 11.2. The van der Waals surface area contributed by atoms with Crippen molar-refractivity contribution in [3.63, 3.8) is 0 Å². The maximum atomic E-state index is 12.2. The maximum Gasteiger partial charge on any atom is 0.232 e. The number of sulfonamides is 1. The van der Waals surface area contributed by atoms with Crippen molar-refractivity contribution in [3.8, 4) is 5.75 Å². The first-order chi connectivity index (χ1) is 13.1. The Bertz CT molecular complexity index is 964. The van der Waals surface area contributed by atoms with E-state index in [2.05, 4.69) is 5.32 Å². The van der Waals surface area contributed by atoms with Crippen molar-refractivity contribution in [2.45, 2.75) is 19.8 Å². The van der Waals surface area contributed by atoms with Crippen molar-refractivity contribution in [1.82, 2.24) is 0 Å². The number of ether oxygens (including phenoxy) is 1. The predicted octanol–water partition coefficient (Wildman–Crippen LogP) is 4.50. The Morgan fingerprint density at radius 1 is 1.14 bits per heavy atom. The fourth-order valence-corrected chi connectivity index (χ4v) is 3.96. The zero-order chi connectivity index (χ0) is 20.9. The largest absolute Gasteiger partial charge is 0.495 e. The number of hydrogen-bond donors (Lipinski definition) is 1. The molecule has 1 amide bonds. The lowest BCUT2D eigenvalue weighted by Gasteiger charge is -2.23. The van der Waals surface area contributed by atoms with Crippen LogP contribution in [0.4, 0.5) is 11.4 Å². The number of aryl methyl sites for hydroxylation is 1. The van der Waals surface area contributed by atoms with Crippen LogP contribution in [0.1, 0.15) is 18.4 Å². The molecule has 152 valence electrons. The van der Waals surface area contributed by atoms with Crippen LogP contribution in [0.15, 0.2) is 36.4 Å². The van der Waals surface area contributed by atoms with Crippen molar-refractivity contribution >= 4 is 50.5 Å². The molecular weight excluding hydrogens is 423 g/mol. The minimum absolute atomic E-state index is 0.142. The molecule has 1 N–H and O–H groups in total. The summed E-state index contributed by atoms with van der Waals surface area (Å²) in [5.74, 6) is 0.233. The number of carbonyl (C=O) groups is 1. The van der Waals surface area contributed by atoms with Gasteiger partial charge < -0.3 is 10.1 Å². The van der Waals surface area contributed by atoms with Crippen LogP contribution in [-0.2, 0) is 14.8 Å². The molecule has 0 aliphatic carbocycles. The van der Waals surface area contributed by atoms with E-state index in [0.717, 1.165) is 11.8 Å². The van der Waals surface area contributed by atoms with Crippen LogP contribution in [0, 0.1) is 6.92 Å². The summed E-state index contributed by atoms with van der Waals surface area (Å²) in [4.78, 5) is 12.2. The lowest BCUT2D eigenvalue weighted by atomic mass is 10.2. The first-order valence-corrected chi connectivity index (χ1v) is 11.1. The number of anilines is 2. The van der Waals surface area contributed by atoms with Gasteiger partial charge in [-0.05, 0) is 49.2 Å². The maximum absolute atomic E-state index is 12.2. The van der Waals surface area contributed by atoms with Gasteiger partial charge in [-0.25, -0.2) is 8.42 Å². The molecule has 0 radical (unpaired) electrons.